The van der Waals surface area contributed by atoms with Gasteiger partial charge in [-0.1, -0.05) is 36.4 Å². The summed E-state index contributed by atoms with van der Waals surface area (Å²) in [5, 5.41) is 19.4. The van der Waals surface area contributed by atoms with Gasteiger partial charge in [-0.3, -0.25) is 4.79 Å². The third-order valence-electron chi connectivity index (χ3n) is 4.76. The number of aromatic nitrogens is 3. The van der Waals surface area contributed by atoms with E-state index in [1.807, 2.05) is 36.4 Å². The Labute approximate surface area is 155 Å². The fraction of sp³-hybridized carbons (Fsp3) is 0.263. The number of aliphatic carboxylic acids is 1. The van der Waals surface area contributed by atoms with Gasteiger partial charge in [-0.15, -0.1) is 10.2 Å². The van der Waals surface area contributed by atoms with E-state index < -0.39 is 17.9 Å². The van der Waals surface area contributed by atoms with Crippen molar-refractivity contribution in [2.45, 2.75) is 26.1 Å². The molecule has 0 fully saturated rings. The molecule has 1 unspecified atom stereocenters. The number of carboxylic acids is 1. The first-order valence-electron chi connectivity index (χ1n) is 8.56. The Bertz CT molecular complexity index is 1020. The molecule has 8 nitrogen and oxygen atoms in total. The Morgan fingerprint density at radius 1 is 1.19 bits per heavy atom. The van der Waals surface area contributed by atoms with Crippen molar-refractivity contribution < 1.29 is 19.4 Å². The molecule has 4 rings (SSSR count). The summed E-state index contributed by atoms with van der Waals surface area (Å²) < 4.78 is 7.46. The Kier molecular flexibility index (Phi) is 4.23. The molecule has 0 radical (unpaired) electrons. The van der Waals surface area contributed by atoms with Crippen LogP contribution >= 0.6 is 0 Å². The zero-order chi connectivity index (χ0) is 19.0. The second-order valence-corrected chi connectivity index (χ2v) is 6.42. The van der Waals surface area contributed by atoms with Gasteiger partial charge < -0.3 is 19.3 Å². The van der Waals surface area contributed by atoms with Crippen molar-refractivity contribution in [1.29, 1.82) is 0 Å². The van der Waals surface area contributed by atoms with Gasteiger partial charge in [0.2, 0.25) is 0 Å². The predicted octanol–water partition coefficient (Wildman–Crippen LogP) is 1.61. The number of nitrogens with zero attached hydrogens (tertiary/aromatic N) is 4. The minimum atomic E-state index is -1.06. The molecule has 1 N–H and O–H groups in total. The van der Waals surface area contributed by atoms with Crippen molar-refractivity contribution in [3.05, 3.63) is 54.1 Å². The van der Waals surface area contributed by atoms with Crippen LogP contribution in [0.15, 0.2) is 42.5 Å². The molecule has 1 atom stereocenters. The maximum atomic E-state index is 12.7. The number of hydrogen-bond acceptors (Lipinski definition) is 5. The predicted molar refractivity (Wildman–Crippen MR) is 96.2 cm³/mol. The SMILES string of the molecule is Cc1nnc2n1CC(C(=O)O)N(C(=O)COc1cccc3ccccc13)C2. The van der Waals surface area contributed by atoms with Crippen molar-refractivity contribution in [3.63, 3.8) is 0 Å². The second kappa shape index (κ2) is 6.71. The fourth-order valence-electron chi connectivity index (χ4n) is 3.33. The highest BCUT2D eigenvalue weighted by molar-refractivity contribution is 5.89. The Morgan fingerprint density at radius 2 is 1.96 bits per heavy atom. The van der Waals surface area contributed by atoms with Crippen LogP contribution < -0.4 is 4.74 Å². The second-order valence-electron chi connectivity index (χ2n) is 6.42. The molecule has 2 aromatic carbocycles. The van der Waals surface area contributed by atoms with Crippen LogP contribution in [0.25, 0.3) is 10.8 Å². The minimum Gasteiger partial charge on any atom is -0.483 e. The Balaban J connectivity index is 1.54. The Morgan fingerprint density at radius 3 is 2.78 bits per heavy atom. The van der Waals surface area contributed by atoms with Gasteiger partial charge in [0, 0.05) is 5.39 Å². The molecule has 3 aromatic rings. The zero-order valence-corrected chi connectivity index (χ0v) is 14.7. The maximum Gasteiger partial charge on any atom is 0.328 e. The van der Waals surface area contributed by atoms with Crippen LogP contribution in [0.5, 0.6) is 5.75 Å². The summed E-state index contributed by atoms with van der Waals surface area (Å²) in [7, 11) is 0. The van der Waals surface area contributed by atoms with Crippen molar-refractivity contribution in [1.82, 2.24) is 19.7 Å². The summed E-state index contributed by atoms with van der Waals surface area (Å²) in [6.07, 6.45) is 0. The molecule has 0 aliphatic carbocycles. The number of hydrogen-bond donors (Lipinski definition) is 1. The summed E-state index contributed by atoms with van der Waals surface area (Å²) in [5.41, 5.74) is 0. The fourth-order valence-corrected chi connectivity index (χ4v) is 3.33. The van der Waals surface area contributed by atoms with Crippen molar-refractivity contribution >= 4 is 22.6 Å². The lowest BCUT2D eigenvalue weighted by molar-refractivity contribution is -0.153. The van der Waals surface area contributed by atoms with Crippen LogP contribution in [0.1, 0.15) is 11.6 Å². The summed E-state index contributed by atoms with van der Waals surface area (Å²) in [4.78, 5) is 25.7. The highest BCUT2D eigenvalue weighted by Gasteiger charge is 2.36. The van der Waals surface area contributed by atoms with Crippen molar-refractivity contribution in [2.75, 3.05) is 6.61 Å². The molecule has 1 amide bonds. The minimum absolute atomic E-state index is 0.0928. The number of fused-ring (bicyclic) bond motifs is 2. The van der Waals surface area contributed by atoms with E-state index in [4.69, 9.17) is 4.74 Å². The van der Waals surface area contributed by atoms with Gasteiger partial charge in [0.15, 0.2) is 12.4 Å². The van der Waals surface area contributed by atoms with E-state index in [0.717, 1.165) is 10.8 Å². The highest BCUT2D eigenvalue weighted by Crippen LogP contribution is 2.25. The van der Waals surface area contributed by atoms with Gasteiger partial charge in [-0.2, -0.15) is 0 Å². The number of carboxylic acid groups (broad SMARTS) is 1. The largest absolute Gasteiger partial charge is 0.483 e. The molecule has 1 aromatic heterocycles. The molecule has 1 aliphatic heterocycles. The zero-order valence-electron chi connectivity index (χ0n) is 14.7. The highest BCUT2D eigenvalue weighted by atomic mass is 16.5. The van der Waals surface area contributed by atoms with Gasteiger partial charge in [-0.25, -0.2) is 4.79 Å². The number of aryl methyl sites for hydroxylation is 1. The number of ether oxygens (including phenoxy) is 1. The molecule has 138 valence electrons. The first-order chi connectivity index (χ1) is 13.0. The average molecular weight is 366 g/mol. The van der Waals surface area contributed by atoms with Gasteiger partial charge in [0.05, 0.1) is 13.1 Å². The molecule has 8 heteroatoms. The van der Waals surface area contributed by atoms with Gasteiger partial charge in [0.1, 0.15) is 17.6 Å². The van der Waals surface area contributed by atoms with Crippen molar-refractivity contribution in [2.24, 2.45) is 0 Å². The van der Waals surface area contributed by atoms with Crippen molar-refractivity contribution in [3.8, 4) is 5.75 Å². The molecule has 1 aliphatic rings. The third-order valence-corrected chi connectivity index (χ3v) is 4.76. The molecule has 0 bridgehead atoms. The van der Waals surface area contributed by atoms with Crippen LogP contribution in [0.3, 0.4) is 0 Å². The van der Waals surface area contributed by atoms with Gasteiger partial charge >= 0.3 is 5.97 Å². The lowest BCUT2D eigenvalue weighted by atomic mass is 10.1. The number of amides is 1. The smallest absolute Gasteiger partial charge is 0.328 e. The third kappa shape index (κ3) is 3.10. The normalized spacial score (nSPS) is 16.2. The van der Waals surface area contributed by atoms with Crippen LogP contribution in [0.2, 0.25) is 0 Å². The number of carbonyl (C=O) groups is 2. The first kappa shape index (κ1) is 17.0. The molecule has 0 saturated carbocycles. The van der Waals surface area contributed by atoms with Crippen LogP contribution in [0.4, 0.5) is 0 Å². The van der Waals surface area contributed by atoms with E-state index in [9.17, 15) is 14.7 Å². The summed E-state index contributed by atoms with van der Waals surface area (Å²) in [5.74, 6) is 0.331. The lowest BCUT2D eigenvalue weighted by Gasteiger charge is -2.33. The number of benzene rings is 2. The Hall–Kier alpha value is -3.42. The topological polar surface area (TPSA) is 97.5 Å². The maximum absolute atomic E-state index is 12.7. The van der Waals surface area contributed by atoms with Crippen LogP contribution in [0, 0.1) is 6.92 Å². The monoisotopic (exact) mass is 366 g/mol. The molecular formula is C19H18N4O4. The summed E-state index contributed by atoms with van der Waals surface area (Å²) in [6, 6.07) is 12.3. The van der Waals surface area contributed by atoms with E-state index in [1.54, 1.807) is 17.6 Å². The average Bonchev–Trinajstić information content (AvgIpc) is 3.05. The van der Waals surface area contributed by atoms with E-state index in [1.165, 1.54) is 4.90 Å². The standard InChI is InChI=1S/C19H18N4O4/c1-12-20-21-17-10-23(15(19(25)26)9-22(12)17)18(24)11-27-16-8-4-6-13-5-2-3-7-14(13)16/h2-8,15H,9-11H2,1H3,(H,25,26). The molecule has 0 spiro atoms. The van der Waals surface area contributed by atoms with Gasteiger partial charge in [0.25, 0.3) is 5.91 Å². The van der Waals surface area contributed by atoms with E-state index in [0.29, 0.717) is 17.4 Å². The molecular weight excluding hydrogens is 348 g/mol. The molecule has 2 heterocycles. The lowest BCUT2D eigenvalue weighted by Crippen LogP contribution is -2.52. The summed E-state index contributed by atoms with van der Waals surface area (Å²) >= 11 is 0. The summed E-state index contributed by atoms with van der Waals surface area (Å²) in [6.45, 7) is 1.74. The van der Waals surface area contributed by atoms with E-state index in [-0.39, 0.29) is 19.7 Å². The number of rotatable bonds is 4. The van der Waals surface area contributed by atoms with Crippen LogP contribution in [-0.2, 0) is 22.7 Å². The van der Waals surface area contributed by atoms with E-state index in [2.05, 4.69) is 10.2 Å². The molecule has 27 heavy (non-hydrogen) atoms. The van der Waals surface area contributed by atoms with Gasteiger partial charge in [-0.05, 0) is 18.4 Å². The molecule has 0 saturated heterocycles. The first-order valence-corrected chi connectivity index (χ1v) is 8.56. The van der Waals surface area contributed by atoms with Crippen LogP contribution in [-0.4, -0.2) is 49.3 Å². The number of carbonyl (C=O) groups excluding carboxylic acids is 1. The quantitative estimate of drug-likeness (QED) is 0.753. The van der Waals surface area contributed by atoms with E-state index >= 15 is 0 Å².